The Labute approximate surface area is 228 Å². The molecule has 0 amide bonds. The normalized spacial score (nSPS) is 17.7. The molecule has 0 saturated carbocycles. The van der Waals surface area contributed by atoms with Gasteiger partial charge in [-0.25, -0.2) is 0 Å². The van der Waals surface area contributed by atoms with Crippen LogP contribution in [0.3, 0.4) is 0 Å². The van der Waals surface area contributed by atoms with E-state index in [1.165, 1.54) is 16.5 Å². The van der Waals surface area contributed by atoms with Crippen LogP contribution in [-0.2, 0) is 12.7 Å². The molecular weight excluding hydrogens is 511 g/mol. The Balaban J connectivity index is 1.61. The molecule has 206 valence electrons. The van der Waals surface area contributed by atoms with Crippen LogP contribution >= 0.6 is 12.6 Å². The van der Waals surface area contributed by atoms with Crippen molar-refractivity contribution >= 4 is 24.2 Å². The van der Waals surface area contributed by atoms with Crippen molar-refractivity contribution < 1.29 is 17.9 Å². The molecule has 1 aliphatic heterocycles. The van der Waals surface area contributed by atoms with Gasteiger partial charge in [0.05, 0.1) is 29.3 Å². The van der Waals surface area contributed by atoms with Gasteiger partial charge in [-0.15, -0.1) is 12.6 Å². The van der Waals surface area contributed by atoms with Crippen LogP contribution in [0.25, 0.3) is 0 Å². The van der Waals surface area contributed by atoms with E-state index in [4.69, 9.17) is 15.4 Å². The van der Waals surface area contributed by atoms with Gasteiger partial charge in [-0.2, -0.15) is 18.4 Å². The van der Waals surface area contributed by atoms with E-state index in [0.717, 1.165) is 37.3 Å². The summed E-state index contributed by atoms with van der Waals surface area (Å²) >= 11 is 4.67. The fraction of sp³-hybridized carbons (Fsp3) is 0.500. The maximum atomic E-state index is 13.5. The SMILES string of the molecule is CCC(CC)NCc1ccc(OCCCN2C(S)N(c3ccc(C#N)c(C(F)(F)F)c3)C(=N)C2(C)C)cc1. The molecule has 0 bridgehead atoms. The average Bonchev–Trinajstić information content (AvgIpc) is 3.05. The van der Waals surface area contributed by atoms with Gasteiger partial charge in [-0.05, 0) is 69.0 Å². The van der Waals surface area contributed by atoms with Crippen molar-refractivity contribution in [2.24, 2.45) is 0 Å². The molecule has 0 aliphatic carbocycles. The summed E-state index contributed by atoms with van der Waals surface area (Å²) < 4.78 is 46.5. The highest BCUT2D eigenvalue weighted by molar-refractivity contribution is 7.81. The molecular formula is C28H36F3N5OS. The maximum absolute atomic E-state index is 13.5. The zero-order chi connectivity index (χ0) is 28.1. The second kappa shape index (κ2) is 12.4. The van der Waals surface area contributed by atoms with Gasteiger partial charge in [0, 0.05) is 24.8 Å². The lowest BCUT2D eigenvalue weighted by Gasteiger charge is -2.31. The Morgan fingerprint density at radius 3 is 2.39 bits per heavy atom. The zero-order valence-corrected chi connectivity index (χ0v) is 23.2. The van der Waals surface area contributed by atoms with Crippen molar-refractivity contribution in [2.45, 2.75) is 76.8 Å². The molecule has 0 spiro atoms. The second-order valence-electron chi connectivity index (χ2n) is 9.90. The molecule has 2 N–H and O–H groups in total. The molecule has 2 aromatic carbocycles. The lowest BCUT2D eigenvalue weighted by Crippen LogP contribution is -2.45. The number of amidine groups is 1. The zero-order valence-electron chi connectivity index (χ0n) is 22.3. The molecule has 1 atom stereocenters. The number of benzene rings is 2. The van der Waals surface area contributed by atoms with Crippen LogP contribution in [0.2, 0.25) is 0 Å². The van der Waals surface area contributed by atoms with Gasteiger partial charge in [0.15, 0.2) is 0 Å². The summed E-state index contributed by atoms with van der Waals surface area (Å²) in [4.78, 5) is 3.43. The first-order valence-electron chi connectivity index (χ1n) is 12.8. The summed E-state index contributed by atoms with van der Waals surface area (Å²) in [6, 6.07) is 13.6. The topological polar surface area (TPSA) is 75.4 Å². The highest BCUT2D eigenvalue weighted by Gasteiger charge is 2.48. The molecule has 1 aliphatic rings. The standard InChI is InChI=1S/C28H36F3N5OS/c1-5-21(6-2)34-18-19-8-12-23(13-9-19)37-15-7-14-35-26(38)36(25(33)27(35,3)4)22-11-10-20(17-32)24(16-22)28(29,30)31/h8-13,16,21,26,33-34,38H,5-7,14-15,18H2,1-4H3. The highest BCUT2D eigenvalue weighted by atomic mass is 32.1. The van der Waals surface area contributed by atoms with Gasteiger partial charge in [-0.1, -0.05) is 26.0 Å². The van der Waals surface area contributed by atoms with E-state index in [2.05, 4.69) is 31.8 Å². The molecule has 10 heteroatoms. The van der Waals surface area contributed by atoms with E-state index in [1.807, 2.05) is 43.0 Å². The summed E-state index contributed by atoms with van der Waals surface area (Å²) in [5.74, 6) is 0.903. The molecule has 0 aromatic heterocycles. The fourth-order valence-electron chi connectivity index (χ4n) is 4.61. The van der Waals surface area contributed by atoms with Gasteiger partial charge in [0.1, 0.15) is 17.1 Å². The number of thiol groups is 1. The highest BCUT2D eigenvalue weighted by Crippen LogP contribution is 2.40. The monoisotopic (exact) mass is 547 g/mol. The van der Waals surface area contributed by atoms with Crippen LogP contribution in [0, 0.1) is 16.7 Å². The summed E-state index contributed by atoms with van der Waals surface area (Å²) in [6.07, 6.45) is -1.85. The minimum Gasteiger partial charge on any atom is -0.494 e. The van der Waals surface area contributed by atoms with Gasteiger partial charge >= 0.3 is 6.18 Å². The fourth-order valence-corrected chi connectivity index (χ4v) is 5.27. The van der Waals surface area contributed by atoms with E-state index in [0.29, 0.717) is 25.6 Å². The Bertz CT molecular complexity index is 1140. The van der Waals surface area contributed by atoms with E-state index >= 15 is 0 Å². The minimum absolute atomic E-state index is 0.133. The van der Waals surface area contributed by atoms with E-state index in [1.54, 1.807) is 6.07 Å². The third-order valence-corrected chi connectivity index (χ3v) is 7.58. The molecule has 1 heterocycles. The first kappa shape index (κ1) is 29.8. The van der Waals surface area contributed by atoms with Crippen LogP contribution in [0.4, 0.5) is 18.9 Å². The number of halogens is 3. The van der Waals surface area contributed by atoms with Gasteiger partial charge in [0.25, 0.3) is 0 Å². The third-order valence-electron chi connectivity index (χ3n) is 7.07. The van der Waals surface area contributed by atoms with Crippen LogP contribution in [0.5, 0.6) is 5.75 Å². The van der Waals surface area contributed by atoms with E-state index in [-0.39, 0.29) is 11.5 Å². The average molecular weight is 548 g/mol. The molecule has 2 aromatic rings. The number of nitriles is 1. The molecule has 0 radical (unpaired) electrons. The molecule has 6 nitrogen and oxygen atoms in total. The number of nitrogens with one attached hydrogen (secondary N) is 2. The summed E-state index contributed by atoms with van der Waals surface area (Å²) in [5, 5.41) is 21.3. The lowest BCUT2D eigenvalue weighted by atomic mass is 10.0. The number of alkyl halides is 3. The molecule has 3 rings (SSSR count). The number of rotatable bonds is 11. The van der Waals surface area contributed by atoms with Crippen molar-refractivity contribution in [3.05, 3.63) is 59.2 Å². The van der Waals surface area contributed by atoms with Gasteiger partial charge < -0.3 is 15.0 Å². The number of hydrogen-bond donors (Lipinski definition) is 3. The number of hydrogen-bond acceptors (Lipinski definition) is 6. The van der Waals surface area contributed by atoms with Crippen molar-refractivity contribution in [3.8, 4) is 11.8 Å². The maximum Gasteiger partial charge on any atom is 0.417 e. The van der Waals surface area contributed by atoms with Crippen molar-refractivity contribution in [2.75, 3.05) is 18.1 Å². The van der Waals surface area contributed by atoms with Crippen LogP contribution in [-0.4, -0.2) is 41.0 Å². The Morgan fingerprint density at radius 2 is 1.82 bits per heavy atom. The van der Waals surface area contributed by atoms with Crippen molar-refractivity contribution in [1.29, 1.82) is 10.7 Å². The molecule has 38 heavy (non-hydrogen) atoms. The van der Waals surface area contributed by atoms with Crippen molar-refractivity contribution in [3.63, 3.8) is 0 Å². The first-order valence-corrected chi connectivity index (χ1v) is 13.3. The molecule has 1 unspecified atom stereocenters. The predicted octanol–water partition coefficient (Wildman–Crippen LogP) is 6.42. The van der Waals surface area contributed by atoms with E-state index in [9.17, 15) is 13.2 Å². The Kier molecular flexibility index (Phi) is 9.74. The summed E-state index contributed by atoms with van der Waals surface area (Å²) in [6.45, 7) is 9.83. The van der Waals surface area contributed by atoms with Crippen LogP contribution < -0.4 is 15.0 Å². The smallest absolute Gasteiger partial charge is 0.417 e. The number of anilines is 1. The third kappa shape index (κ3) is 6.63. The largest absolute Gasteiger partial charge is 0.494 e. The van der Waals surface area contributed by atoms with Gasteiger partial charge in [-0.3, -0.25) is 10.3 Å². The predicted molar refractivity (Wildman–Crippen MR) is 148 cm³/mol. The summed E-state index contributed by atoms with van der Waals surface area (Å²) in [5.41, 5.74) is -1.52. The number of nitrogens with zero attached hydrogens (tertiary/aromatic N) is 3. The van der Waals surface area contributed by atoms with Crippen LogP contribution in [0.15, 0.2) is 42.5 Å². The molecule has 1 fully saturated rings. The Morgan fingerprint density at radius 1 is 1.16 bits per heavy atom. The molecule has 1 saturated heterocycles. The second-order valence-corrected chi connectivity index (χ2v) is 10.4. The number of ether oxygens (including phenoxy) is 1. The quantitative estimate of drug-likeness (QED) is 0.224. The van der Waals surface area contributed by atoms with Crippen molar-refractivity contribution in [1.82, 2.24) is 10.2 Å². The summed E-state index contributed by atoms with van der Waals surface area (Å²) in [7, 11) is 0. The van der Waals surface area contributed by atoms with Crippen LogP contribution in [0.1, 0.15) is 63.6 Å². The van der Waals surface area contributed by atoms with E-state index < -0.39 is 28.3 Å². The van der Waals surface area contributed by atoms with Gasteiger partial charge in [0.2, 0.25) is 0 Å². The minimum atomic E-state index is -4.68. The Hall–Kier alpha value is -2.74. The first-order chi connectivity index (χ1) is 17.9. The lowest BCUT2D eigenvalue weighted by molar-refractivity contribution is -0.137.